The third-order valence-electron chi connectivity index (χ3n) is 3.15. The first-order chi connectivity index (χ1) is 10.6. The molecule has 0 spiro atoms. The Bertz CT molecular complexity index is 627. The molecular weight excluding hydrogens is 301 g/mol. The number of carbonyl (C=O) groups is 1. The number of likely N-dealkylation sites (N-methyl/N-ethyl adjacent to an activating group) is 1. The second kappa shape index (κ2) is 8.00. The van der Waals surface area contributed by atoms with Crippen molar-refractivity contribution < 1.29 is 9.18 Å². The lowest BCUT2D eigenvalue weighted by Gasteiger charge is -2.09. The van der Waals surface area contributed by atoms with Gasteiger partial charge in [-0.2, -0.15) is 0 Å². The number of carbonyl (C=O) groups excluding carboxylic acids is 1. The summed E-state index contributed by atoms with van der Waals surface area (Å²) >= 11 is 1.40. The van der Waals surface area contributed by atoms with Crippen LogP contribution in [0.4, 0.5) is 4.39 Å². The molecule has 0 unspecified atom stereocenters. The Morgan fingerprint density at radius 3 is 2.86 bits per heavy atom. The van der Waals surface area contributed by atoms with Gasteiger partial charge in [-0.25, -0.2) is 9.37 Å². The summed E-state index contributed by atoms with van der Waals surface area (Å²) in [4.78, 5) is 18.1. The number of thiazole rings is 1. The Hall–Kier alpha value is -1.79. The molecule has 0 aliphatic carbocycles. The number of aromatic nitrogens is 1. The van der Waals surface area contributed by atoms with Gasteiger partial charge in [0, 0.05) is 30.5 Å². The van der Waals surface area contributed by atoms with Crippen LogP contribution in [0, 0.1) is 5.82 Å². The Kier molecular flexibility index (Phi) is 6.03. The van der Waals surface area contributed by atoms with Crippen molar-refractivity contribution in [3.05, 3.63) is 41.2 Å². The smallest absolute Gasteiger partial charge is 0.220 e. The van der Waals surface area contributed by atoms with E-state index in [9.17, 15) is 9.18 Å². The van der Waals surface area contributed by atoms with E-state index in [0.717, 1.165) is 12.2 Å². The predicted octanol–water partition coefficient (Wildman–Crippen LogP) is 2.56. The number of benzene rings is 1. The fraction of sp³-hybridized carbons (Fsp3) is 0.375. The lowest BCUT2D eigenvalue weighted by atomic mass is 10.2. The zero-order valence-corrected chi connectivity index (χ0v) is 13.6. The lowest BCUT2D eigenvalue weighted by molar-refractivity contribution is -0.121. The normalized spacial score (nSPS) is 10.9. The van der Waals surface area contributed by atoms with Crippen LogP contribution in [0.2, 0.25) is 0 Å². The highest BCUT2D eigenvalue weighted by Gasteiger charge is 2.10. The van der Waals surface area contributed by atoms with E-state index in [2.05, 4.69) is 10.3 Å². The monoisotopic (exact) mass is 321 g/mol. The maximum absolute atomic E-state index is 13.7. The van der Waals surface area contributed by atoms with E-state index < -0.39 is 0 Å². The summed E-state index contributed by atoms with van der Waals surface area (Å²) in [6.07, 6.45) is 0.965. The van der Waals surface area contributed by atoms with Crippen LogP contribution in [0.1, 0.15) is 12.1 Å². The third-order valence-corrected chi connectivity index (χ3v) is 4.07. The summed E-state index contributed by atoms with van der Waals surface area (Å²) in [5.74, 6) is -0.257. The highest BCUT2D eigenvalue weighted by molar-refractivity contribution is 7.13. The first-order valence-electron chi connectivity index (χ1n) is 7.17. The van der Waals surface area contributed by atoms with E-state index in [1.54, 1.807) is 18.2 Å². The van der Waals surface area contributed by atoms with E-state index in [-0.39, 0.29) is 11.7 Å². The number of amides is 1. The molecule has 0 saturated heterocycles. The summed E-state index contributed by atoms with van der Waals surface area (Å²) in [6, 6.07) is 6.59. The van der Waals surface area contributed by atoms with E-state index in [0.29, 0.717) is 30.0 Å². The Labute approximate surface area is 134 Å². The van der Waals surface area contributed by atoms with Crippen molar-refractivity contribution in [3.8, 4) is 10.6 Å². The van der Waals surface area contributed by atoms with Gasteiger partial charge in [-0.05, 0) is 32.6 Å². The summed E-state index contributed by atoms with van der Waals surface area (Å²) in [5, 5.41) is 5.40. The second-order valence-electron chi connectivity index (χ2n) is 5.28. The van der Waals surface area contributed by atoms with Crippen molar-refractivity contribution in [2.45, 2.75) is 12.8 Å². The summed E-state index contributed by atoms with van der Waals surface area (Å²) in [6.45, 7) is 1.46. The molecule has 2 aromatic rings. The number of hydrogen-bond donors (Lipinski definition) is 1. The van der Waals surface area contributed by atoms with Crippen LogP contribution in [0.5, 0.6) is 0 Å². The number of rotatable bonds is 7. The quantitative estimate of drug-likeness (QED) is 0.852. The molecule has 1 heterocycles. The van der Waals surface area contributed by atoms with Crippen LogP contribution >= 0.6 is 11.3 Å². The van der Waals surface area contributed by atoms with E-state index in [4.69, 9.17) is 0 Å². The van der Waals surface area contributed by atoms with Gasteiger partial charge < -0.3 is 10.2 Å². The molecule has 1 aromatic carbocycles. The van der Waals surface area contributed by atoms with Crippen LogP contribution in [0.15, 0.2) is 29.6 Å². The fourth-order valence-corrected chi connectivity index (χ4v) is 2.81. The molecule has 6 heteroatoms. The zero-order valence-electron chi connectivity index (χ0n) is 12.8. The highest BCUT2D eigenvalue weighted by atomic mass is 32.1. The summed E-state index contributed by atoms with van der Waals surface area (Å²) < 4.78 is 13.7. The van der Waals surface area contributed by atoms with Crippen LogP contribution in [-0.4, -0.2) is 43.0 Å². The van der Waals surface area contributed by atoms with E-state index in [1.165, 1.54) is 17.4 Å². The van der Waals surface area contributed by atoms with Crippen molar-refractivity contribution in [2.75, 3.05) is 27.2 Å². The average molecular weight is 321 g/mol. The molecule has 1 aromatic heterocycles. The first kappa shape index (κ1) is 16.6. The largest absolute Gasteiger partial charge is 0.355 e. The van der Waals surface area contributed by atoms with Gasteiger partial charge in [0.05, 0.1) is 5.69 Å². The van der Waals surface area contributed by atoms with Gasteiger partial charge in [0.2, 0.25) is 5.91 Å². The molecule has 1 N–H and O–H groups in total. The minimum Gasteiger partial charge on any atom is -0.355 e. The van der Waals surface area contributed by atoms with Gasteiger partial charge in [-0.1, -0.05) is 12.1 Å². The molecule has 0 aliphatic rings. The number of hydrogen-bond acceptors (Lipinski definition) is 4. The molecule has 0 fully saturated rings. The second-order valence-corrected chi connectivity index (χ2v) is 6.14. The molecule has 1 amide bonds. The minimum absolute atomic E-state index is 0.0160. The van der Waals surface area contributed by atoms with Crippen molar-refractivity contribution in [1.29, 1.82) is 0 Å². The summed E-state index contributed by atoms with van der Waals surface area (Å²) in [5.41, 5.74) is 1.33. The van der Waals surface area contributed by atoms with Crippen molar-refractivity contribution in [2.24, 2.45) is 0 Å². The standard InChI is InChI=1S/C16H20FN3OS/c1-20(2)10-9-18-15(21)8-7-12-11-22-16(19-12)13-5-3-4-6-14(13)17/h3-6,11H,7-10H2,1-2H3,(H,18,21). The molecule has 0 radical (unpaired) electrons. The van der Waals surface area contributed by atoms with Crippen LogP contribution in [0.25, 0.3) is 10.6 Å². The topological polar surface area (TPSA) is 45.2 Å². The molecular formula is C16H20FN3OS. The molecule has 22 heavy (non-hydrogen) atoms. The van der Waals surface area contributed by atoms with Gasteiger partial charge >= 0.3 is 0 Å². The zero-order chi connectivity index (χ0) is 15.9. The van der Waals surface area contributed by atoms with Gasteiger partial charge in [-0.3, -0.25) is 4.79 Å². The molecule has 4 nitrogen and oxygen atoms in total. The Morgan fingerprint density at radius 1 is 1.36 bits per heavy atom. The number of aryl methyl sites for hydroxylation is 1. The van der Waals surface area contributed by atoms with Gasteiger partial charge in [0.15, 0.2) is 0 Å². The molecule has 2 rings (SSSR count). The van der Waals surface area contributed by atoms with Crippen LogP contribution in [-0.2, 0) is 11.2 Å². The van der Waals surface area contributed by atoms with Crippen molar-refractivity contribution in [1.82, 2.24) is 15.2 Å². The van der Waals surface area contributed by atoms with Gasteiger partial charge in [0.25, 0.3) is 0 Å². The summed E-state index contributed by atoms with van der Waals surface area (Å²) in [7, 11) is 3.93. The molecule has 0 bridgehead atoms. The fourth-order valence-electron chi connectivity index (χ4n) is 1.93. The maximum Gasteiger partial charge on any atom is 0.220 e. The average Bonchev–Trinajstić information content (AvgIpc) is 2.94. The maximum atomic E-state index is 13.7. The molecule has 0 aliphatic heterocycles. The molecule has 0 atom stereocenters. The SMILES string of the molecule is CN(C)CCNC(=O)CCc1csc(-c2ccccc2F)n1. The Morgan fingerprint density at radius 2 is 2.14 bits per heavy atom. The van der Waals surface area contributed by atoms with Crippen LogP contribution < -0.4 is 5.32 Å². The number of nitrogens with zero attached hydrogens (tertiary/aromatic N) is 2. The number of nitrogens with one attached hydrogen (secondary N) is 1. The van der Waals surface area contributed by atoms with Gasteiger partial charge in [0.1, 0.15) is 10.8 Å². The van der Waals surface area contributed by atoms with Gasteiger partial charge in [-0.15, -0.1) is 11.3 Å². The number of halogens is 1. The van der Waals surface area contributed by atoms with Crippen molar-refractivity contribution in [3.63, 3.8) is 0 Å². The lowest BCUT2D eigenvalue weighted by Crippen LogP contribution is -2.31. The van der Waals surface area contributed by atoms with Crippen LogP contribution in [0.3, 0.4) is 0 Å². The first-order valence-corrected chi connectivity index (χ1v) is 8.05. The van der Waals surface area contributed by atoms with Crippen molar-refractivity contribution >= 4 is 17.2 Å². The molecule has 0 saturated carbocycles. The van der Waals surface area contributed by atoms with E-state index >= 15 is 0 Å². The third kappa shape index (κ3) is 4.89. The minimum atomic E-state index is -0.273. The Balaban J connectivity index is 1.85. The predicted molar refractivity (Wildman–Crippen MR) is 87.4 cm³/mol. The van der Waals surface area contributed by atoms with E-state index in [1.807, 2.05) is 24.4 Å². The highest BCUT2D eigenvalue weighted by Crippen LogP contribution is 2.26. The molecule has 118 valence electrons.